The summed E-state index contributed by atoms with van der Waals surface area (Å²) >= 11 is 5.88. The van der Waals surface area contributed by atoms with E-state index in [0.717, 1.165) is 15.8 Å². The molecule has 3 rings (SSSR count). The van der Waals surface area contributed by atoms with E-state index >= 15 is 0 Å². The van der Waals surface area contributed by atoms with Crippen molar-refractivity contribution in [2.45, 2.75) is 13.5 Å². The number of aromatic nitrogens is 2. The van der Waals surface area contributed by atoms with Crippen molar-refractivity contribution in [2.75, 3.05) is 5.32 Å². The van der Waals surface area contributed by atoms with Gasteiger partial charge in [-0.3, -0.25) is 9.59 Å². The first-order valence-corrected chi connectivity index (χ1v) is 8.10. The Morgan fingerprint density at radius 1 is 1.12 bits per heavy atom. The van der Waals surface area contributed by atoms with Gasteiger partial charge in [-0.05, 0) is 42.8 Å². The average Bonchev–Trinajstić information content (AvgIpc) is 2.57. The molecule has 25 heavy (non-hydrogen) atoms. The largest absolute Gasteiger partial charge is 0.324 e. The van der Waals surface area contributed by atoms with Gasteiger partial charge in [0.2, 0.25) is 5.91 Å². The van der Waals surface area contributed by atoms with Crippen LogP contribution in [0.4, 0.5) is 5.69 Å². The van der Waals surface area contributed by atoms with Crippen molar-refractivity contribution >= 4 is 23.2 Å². The van der Waals surface area contributed by atoms with Gasteiger partial charge in [0.05, 0.1) is 5.69 Å². The van der Waals surface area contributed by atoms with Crippen LogP contribution in [0.1, 0.15) is 5.56 Å². The van der Waals surface area contributed by atoms with E-state index < -0.39 is 0 Å². The molecule has 5 nitrogen and oxygen atoms in total. The molecular weight excluding hydrogens is 338 g/mol. The molecule has 0 radical (unpaired) electrons. The van der Waals surface area contributed by atoms with E-state index in [1.807, 2.05) is 37.3 Å². The predicted molar refractivity (Wildman–Crippen MR) is 98.8 cm³/mol. The molecule has 0 bridgehead atoms. The number of carbonyl (C=O) groups excluding carboxylic acids is 1. The average molecular weight is 354 g/mol. The maximum absolute atomic E-state index is 12.2. The predicted octanol–water partition coefficient (Wildman–Crippen LogP) is 3.51. The molecule has 1 aromatic heterocycles. The van der Waals surface area contributed by atoms with Crippen LogP contribution < -0.4 is 10.9 Å². The smallest absolute Gasteiger partial charge is 0.267 e. The lowest BCUT2D eigenvalue weighted by Crippen LogP contribution is -2.29. The molecule has 0 atom stereocenters. The van der Waals surface area contributed by atoms with Crippen LogP contribution in [-0.4, -0.2) is 15.7 Å². The summed E-state index contributed by atoms with van der Waals surface area (Å²) in [5.41, 5.74) is 2.80. The third-order valence-electron chi connectivity index (χ3n) is 3.60. The minimum Gasteiger partial charge on any atom is -0.324 e. The van der Waals surface area contributed by atoms with Gasteiger partial charge in [0.25, 0.3) is 5.56 Å². The number of anilines is 1. The maximum atomic E-state index is 12.2. The van der Waals surface area contributed by atoms with Crippen LogP contribution in [0.2, 0.25) is 5.02 Å². The molecule has 0 unspecified atom stereocenters. The summed E-state index contributed by atoms with van der Waals surface area (Å²) in [7, 11) is 0. The zero-order chi connectivity index (χ0) is 17.8. The molecule has 1 heterocycles. The highest BCUT2D eigenvalue weighted by Gasteiger charge is 2.08. The lowest BCUT2D eigenvalue weighted by Gasteiger charge is -2.09. The number of nitrogens with zero attached hydrogens (tertiary/aromatic N) is 2. The van der Waals surface area contributed by atoms with Gasteiger partial charge < -0.3 is 5.32 Å². The highest BCUT2D eigenvalue weighted by Crippen LogP contribution is 2.18. The Labute approximate surface area is 149 Å². The first kappa shape index (κ1) is 16.9. The topological polar surface area (TPSA) is 64.0 Å². The Hall–Kier alpha value is -2.92. The zero-order valence-corrected chi connectivity index (χ0v) is 14.3. The molecule has 0 saturated heterocycles. The van der Waals surface area contributed by atoms with Crippen LogP contribution in [-0.2, 0) is 11.3 Å². The van der Waals surface area contributed by atoms with Gasteiger partial charge in [-0.15, -0.1) is 0 Å². The second-order valence-corrected chi connectivity index (χ2v) is 6.08. The Morgan fingerprint density at radius 2 is 1.88 bits per heavy atom. The molecule has 0 saturated carbocycles. The van der Waals surface area contributed by atoms with E-state index in [1.165, 1.54) is 6.07 Å². The third-order valence-corrected chi connectivity index (χ3v) is 3.85. The minimum absolute atomic E-state index is 0.159. The Morgan fingerprint density at radius 3 is 2.60 bits per heavy atom. The fraction of sp³-hybridized carbons (Fsp3) is 0.105. The molecule has 0 aliphatic heterocycles. The maximum Gasteiger partial charge on any atom is 0.267 e. The normalized spacial score (nSPS) is 10.5. The van der Waals surface area contributed by atoms with E-state index in [4.69, 9.17) is 11.6 Å². The van der Waals surface area contributed by atoms with Crippen LogP contribution >= 0.6 is 11.6 Å². The van der Waals surface area contributed by atoms with Crippen LogP contribution in [0, 0.1) is 6.92 Å². The van der Waals surface area contributed by atoms with Crippen LogP contribution in [0.15, 0.2) is 65.5 Å². The van der Waals surface area contributed by atoms with Crippen molar-refractivity contribution in [2.24, 2.45) is 0 Å². The van der Waals surface area contributed by atoms with Gasteiger partial charge >= 0.3 is 0 Å². The number of aryl methyl sites for hydroxylation is 1. The molecule has 2 aromatic carbocycles. The van der Waals surface area contributed by atoms with E-state index in [2.05, 4.69) is 10.4 Å². The van der Waals surface area contributed by atoms with Gasteiger partial charge in [-0.1, -0.05) is 35.9 Å². The molecular formula is C19H16ClN3O2. The van der Waals surface area contributed by atoms with E-state index in [1.54, 1.807) is 24.3 Å². The first-order valence-electron chi connectivity index (χ1n) is 7.72. The zero-order valence-electron chi connectivity index (χ0n) is 13.6. The second-order valence-electron chi connectivity index (χ2n) is 5.64. The fourth-order valence-electron chi connectivity index (χ4n) is 2.40. The minimum atomic E-state index is -0.336. The number of amides is 1. The molecule has 0 aliphatic carbocycles. The van der Waals surface area contributed by atoms with Gasteiger partial charge in [-0.2, -0.15) is 5.10 Å². The number of hydrogen-bond donors (Lipinski definition) is 1. The van der Waals surface area contributed by atoms with Crippen LogP contribution in [0.25, 0.3) is 11.3 Å². The van der Waals surface area contributed by atoms with Gasteiger partial charge in [-0.25, -0.2) is 4.68 Å². The van der Waals surface area contributed by atoms with Gasteiger partial charge in [0, 0.05) is 22.3 Å². The molecule has 1 N–H and O–H groups in total. The second kappa shape index (κ2) is 7.32. The summed E-state index contributed by atoms with van der Waals surface area (Å²) in [6, 6.07) is 17.6. The Bertz CT molecular complexity index is 965. The number of hydrogen-bond acceptors (Lipinski definition) is 3. The van der Waals surface area contributed by atoms with Crippen molar-refractivity contribution in [3.63, 3.8) is 0 Å². The lowest BCUT2D eigenvalue weighted by molar-refractivity contribution is -0.117. The van der Waals surface area contributed by atoms with E-state index in [-0.39, 0.29) is 18.0 Å². The van der Waals surface area contributed by atoms with Crippen molar-refractivity contribution in [1.29, 1.82) is 0 Å². The highest BCUT2D eigenvalue weighted by molar-refractivity contribution is 6.30. The quantitative estimate of drug-likeness (QED) is 0.780. The van der Waals surface area contributed by atoms with Crippen LogP contribution in [0.3, 0.4) is 0 Å². The van der Waals surface area contributed by atoms with Crippen molar-refractivity contribution in [1.82, 2.24) is 9.78 Å². The summed E-state index contributed by atoms with van der Waals surface area (Å²) in [6.45, 7) is 1.78. The Kier molecular flexibility index (Phi) is 4.95. The van der Waals surface area contributed by atoms with Gasteiger partial charge in [0.15, 0.2) is 0 Å². The Balaban J connectivity index is 1.80. The number of nitrogens with one attached hydrogen (secondary N) is 1. The number of halogens is 1. The van der Waals surface area contributed by atoms with Crippen molar-refractivity contribution < 1.29 is 4.79 Å². The third kappa shape index (κ3) is 4.33. The van der Waals surface area contributed by atoms with E-state index in [9.17, 15) is 9.59 Å². The molecule has 0 aliphatic rings. The number of benzene rings is 2. The van der Waals surface area contributed by atoms with Crippen molar-refractivity contribution in [3.8, 4) is 11.3 Å². The molecule has 6 heteroatoms. The summed E-state index contributed by atoms with van der Waals surface area (Å²) in [4.78, 5) is 24.2. The summed E-state index contributed by atoms with van der Waals surface area (Å²) in [5, 5.41) is 7.66. The number of carbonyl (C=O) groups is 1. The standard InChI is InChI=1S/C19H16ClN3O2/c1-13-3-2-4-16(11-13)21-18(24)12-23-19(25)10-9-17(22-23)14-5-7-15(20)8-6-14/h2-11H,12H2,1H3,(H,21,24). The van der Waals surface area contributed by atoms with Crippen molar-refractivity contribution in [3.05, 3.63) is 81.6 Å². The first-order chi connectivity index (χ1) is 12.0. The van der Waals surface area contributed by atoms with E-state index in [0.29, 0.717) is 16.4 Å². The summed E-state index contributed by atoms with van der Waals surface area (Å²) < 4.78 is 1.15. The molecule has 1 amide bonds. The van der Waals surface area contributed by atoms with Gasteiger partial charge in [0.1, 0.15) is 6.54 Å². The monoisotopic (exact) mass is 353 g/mol. The lowest BCUT2D eigenvalue weighted by atomic mass is 10.1. The SMILES string of the molecule is Cc1cccc(NC(=O)Cn2nc(-c3ccc(Cl)cc3)ccc2=O)c1. The molecule has 3 aromatic rings. The molecule has 0 spiro atoms. The fourth-order valence-corrected chi connectivity index (χ4v) is 2.52. The molecule has 126 valence electrons. The highest BCUT2D eigenvalue weighted by atomic mass is 35.5. The summed E-state index contributed by atoms with van der Waals surface area (Å²) in [6.07, 6.45) is 0. The summed E-state index contributed by atoms with van der Waals surface area (Å²) in [5.74, 6) is -0.312. The number of rotatable bonds is 4. The molecule has 0 fully saturated rings. The van der Waals surface area contributed by atoms with Crippen LogP contribution in [0.5, 0.6) is 0 Å².